The number of rotatable bonds is 4. The van der Waals surface area contributed by atoms with Crippen molar-refractivity contribution < 1.29 is 4.79 Å². The summed E-state index contributed by atoms with van der Waals surface area (Å²) in [5.74, 6) is 0.766. The van der Waals surface area contributed by atoms with E-state index in [-0.39, 0.29) is 5.91 Å². The van der Waals surface area contributed by atoms with Crippen LogP contribution in [0.2, 0.25) is 0 Å². The summed E-state index contributed by atoms with van der Waals surface area (Å²) in [4.78, 5) is 12.1. The minimum Gasteiger partial charge on any atom is -0.399 e. The summed E-state index contributed by atoms with van der Waals surface area (Å²) in [5.41, 5.74) is 8.12. The SMILES string of the molecule is CCNC(=O)c1ccc(N)cc1NC1CCCC(C)CC1. The number of nitrogens with two attached hydrogens (primary N) is 1. The summed E-state index contributed by atoms with van der Waals surface area (Å²) < 4.78 is 0. The van der Waals surface area contributed by atoms with Gasteiger partial charge in [-0.3, -0.25) is 4.79 Å². The Balaban J connectivity index is 2.14. The fourth-order valence-corrected chi connectivity index (χ4v) is 2.99. The van der Waals surface area contributed by atoms with Gasteiger partial charge in [-0.25, -0.2) is 0 Å². The van der Waals surface area contributed by atoms with Gasteiger partial charge in [0.05, 0.1) is 5.56 Å². The van der Waals surface area contributed by atoms with Crippen LogP contribution >= 0.6 is 0 Å². The first-order chi connectivity index (χ1) is 10.1. The number of hydrogen-bond acceptors (Lipinski definition) is 3. The highest BCUT2D eigenvalue weighted by atomic mass is 16.1. The molecule has 0 spiro atoms. The Labute approximate surface area is 127 Å². The van der Waals surface area contributed by atoms with Gasteiger partial charge in [0.1, 0.15) is 0 Å². The predicted molar refractivity (Wildman–Crippen MR) is 88.5 cm³/mol. The Morgan fingerprint density at radius 2 is 2.10 bits per heavy atom. The smallest absolute Gasteiger partial charge is 0.253 e. The third-order valence-electron chi connectivity index (χ3n) is 4.24. The van der Waals surface area contributed by atoms with Gasteiger partial charge in [-0.1, -0.05) is 19.8 Å². The summed E-state index contributed by atoms with van der Waals surface area (Å²) >= 11 is 0. The first kappa shape index (κ1) is 15.7. The van der Waals surface area contributed by atoms with E-state index in [0.717, 1.165) is 24.4 Å². The minimum absolute atomic E-state index is 0.0398. The van der Waals surface area contributed by atoms with Crippen LogP contribution in [0.1, 0.15) is 56.3 Å². The monoisotopic (exact) mass is 289 g/mol. The number of carbonyl (C=O) groups excluding carboxylic acids is 1. The summed E-state index contributed by atoms with van der Waals surface area (Å²) in [6.45, 7) is 4.88. The number of nitrogens with one attached hydrogen (secondary N) is 2. The summed E-state index contributed by atoms with van der Waals surface area (Å²) in [6, 6.07) is 5.90. The molecule has 0 aromatic heterocycles. The molecule has 4 heteroatoms. The summed E-state index contributed by atoms with van der Waals surface area (Å²) in [7, 11) is 0. The van der Waals surface area contributed by atoms with E-state index >= 15 is 0 Å². The molecule has 0 bridgehead atoms. The van der Waals surface area contributed by atoms with Gasteiger partial charge in [-0.2, -0.15) is 0 Å². The standard InChI is InChI=1S/C17H27N3O/c1-3-19-17(21)15-10-8-13(18)11-16(15)20-14-6-4-5-12(2)7-9-14/h8,10-12,14,20H,3-7,9,18H2,1-2H3,(H,19,21). The highest BCUT2D eigenvalue weighted by Gasteiger charge is 2.18. The van der Waals surface area contributed by atoms with E-state index in [2.05, 4.69) is 17.6 Å². The third kappa shape index (κ3) is 4.38. The van der Waals surface area contributed by atoms with E-state index in [0.29, 0.717) is 23.8 Å². The highest BCUT2D eigenvalue weighted by molar-refractivity contribution is 6.00. The lowest BCUT2D eigenvalue weighted by molar-refractivity contribution is 0.0956. The molecule has 1 saturated carbocycles. The van der Waals surface area contributed by atoms with E-state index in [1.807, 2.05) is 19.1 Å². The molecule has 4 nitrogen and oxygen atoms in total. The van der Waals surface area contributed by atoms with Gasteiger partial charge < -0.3 is 16.4 Å². The molecule has 1 aromatic carbocycles. The van der Waals surface area contributed by atoms with Crippen molar-refractivity contribution in [3.63, 3.8) is 0 Å². The van der Waals surface area contributed by atoms with Gasteiger partial charge in [-0.05, 0) is 50.3 Å². The Morgan fingerprint density at radius 3 is 2.86 bits per heavy atom. The molecule has 21 heavy (non-hydrogen) atoms. The fraction of sp³-hybridized carbons (Fsp3) is 0.588. The molecule has 1 aliphatic rings. The first-order valence-corrected chi connectivity index (χ1v) is 8.04. The molecule has 2 unspecified atom stereocenters. The second kappa shape index (κ2) is 7.34. The van der Waals surface area contributed by atoms with Crippen LogP contribution in [-0.4, -0.2) is 18.5 Å². The number of amides is 1. The maximum atomic E-state index is 12.1. The van der Waals surface area contributed by atoms with Gasteiger partial charge in [0.15, 0.2) is 0 Å². The fourth-order valence-electron chi connectivity index (χ4n) is 2.99. The van der Waals surface area contributed by atoms with Crippen molar-refractivity contribution in [1.82, 2.24) is 5.32 Å². The predicted octanol–water partition coefficient (Wildman–Crippen LogP) is 3.40. The van der Waals surface area contributed by atoms with Crippen LogP contribution in [0.25, 0.3) is 0 Å². The lowest BCUT2D eigenvalue weighted by atomic mass is 10.0. The number of nitrogen functional groups attached to an aromatic ring is 1. The highest BCUT2D eigenvalue weighted by Crippen LogP contribution is 2.27. The molecule has 0 saturated heterocycles. The van der Waals surface area contributed by atoms with Gasteiger partial charge >= 0.3 is 0 Å². The maximum absolute atomic E-state index is 12.1. The number of anilines is 2. The van der Waals surface area contributed by atoms with Gasteiger partial charge in [0, 0.05) is 24.0 Å². The van der Waals surface area contributed by atoms with Crippen molar-refractivity contribution in [1.29, 1.82) is 0 Å². The molecule has 2 atom stereocenters. The van der Waals surface area contributed by atoms with E-state index in [4.69, 9.17) is 5.73 Å². The Morgan fingerprint density at radius 1 is 1.29 bits per heavy atom. The van der Waals surface area contributed by atoms with Crippen molar-refractivity contribution >= 4 is 17.3 Å². The first-order valence-electron chi connectivity index (χ1n) is 8.04. The zero-order valence-corrected chi connectivity index (χ0v) is 13.1. The van der Waals surface area contributed by atoms with E-state index in [1.54, 1.807) is 6.07 Å². The zero-order valence-electron chi connectivity index (χ0n) is 13.1. The second-order valence-corrected chi connectivity index (χ2v) is 6.12. The Kier molecular flexibility index (Phi) is 5.48. The van der Waals surface area contributed by atoms with Crippen LogP contribution in [0.3, 0.4) is 0 Å². The molecule has 0 aliphatic heterocycles. The van der Waals surface area contributed by atoms with Gasteiger partial charge in [0.2, 0.25) is 0 Å². The molecule has 1 aliphatic carbocycles. The maximum Gasteiger partial charge on any atom is 0.253 e. The number of hydrogen-bond donors (Lipinski definition) is 3. The topological polar surface area (TPSA) is 67.2 Å². The van der Waals surface area contributed by atoms with E-state index in [9.17, 15) is 4.79 Å². The lowest BCUT2D eigenvalue weighted by Crippen LogP contribution is -2.26. The van der Waals surface area contributed by atoms with Crippen molar-refractivity contribution in [2.45, 2.75) is 52.0 Å². The van der Waals surface area contributed by atoms with E-state index < -0.39 is 0 Å². The van der Waals surface area contributed by atoms with Crippen LogP contribution in [-0.2, 0) is 0 Å². The molecule has 4 N–H and O–H groups in total. The Hall–Kier alpha value is -1.71. The van der Waals surface area contributed by atoms with Crippen molar-refractivity contribution in [3.05, 3.63) is 23.8 Å². The molecular weight excluding hydrogens is 262 g/mol. The van der Waals surface area contributed by atoms with Crippen molar-refractivity contribution in [2.75, 3.05) is 17.6 Å². The van der Waals surface area contributed by atoms with Crippen LogP contribution in [0.4, 0.5) is 11.4 Å². The Bertz CT molecular complexity index is 487. The van der Waals surface area contributed by atoms with E-state index in [1.165, 1.54) is 19.3 Å². The third-order valence-corrected chi connectivity index (χ3v) is 4.24. The molecule has 1 fully saturated rings. The number of benzene rings is 1. The molecule has 1 aromatic rings. The number of carbonyl (C=O) groups is 1. The molecule has 0 radical (unpaired) electrons. The summed E-state index contributed by atoms with van der Waals surface area (Å²) in [6.07, 6.45) is 6.12. The van der Waals surface area contributed by atoms with Gasteiger partial charge in [0.25, 0.3) is 5.91 Å². The molecule has 2 rings (SSSR count). The van der Waals surface area contributed by atoms with Crippen molar-refractivity contribution in [3.8, 4) is 0 Å². The molecule has 116 valence electrons. The van der Waals surface area contributed by atoms with Gasteiger partial charge in [-0.15, -0.1) is 0 Å². The van der Waals surface area contributed by atoms with Crippen molar-refractivity contribution in [2.24, 2.45) is 5.92 Å². The average molecular weight is 289 g/mol. The minimum atomic E-state index is -0.0398. The average Bonchev–Trinajstić information content (AvgIpc) is 2.64. The van der Waals surface area contributed by atoms with Crippen LogP contribution in [0.5, 0.6) is 0 Å². The molecular formula is C17H27N3O. The lowest BCUT2D eigenvalue weighted by Gasteiger charge is -2.20. The largest absolute Gasteiger partial charge is 0.399 e. The summed E-state index contributed by atoms with van der Waals surface area (Å²) in [5, 5.41) is 6.41. The van der Waals surface area contributed by atoms with Crippen LogP contribution in [0.15, 0.2) is 18.2 Å². The quantitative estimate of drug-likeness (QED) is 0.588. The normalized spacial score (nSPS) is 22.4. The second-order valence-electron chi connectivity index (χ2n) is 6.12. The molecule has 1 amide bonds. The zero-order chi connectivity index (χ0) is 15.2. The molecule has 0 heterocycles. The van der Waals surface area contributed by atoms with Crippen LogP contribution in [0, 0.1) is 5.92 Å². The van der Waals surface area contributed by atoms with Crippen LogP contribution < -0.4 is 16.4 Å².